The molecule has 0 N–H and O–H groups in total. The van der Waals surface area contributed by atoms with Crippen molar-refractivity contribution in [2.45, 2.75) is 36.5 Å². The highest BCUT2D eigenvalue weighted by Gasteiger charge is 2.38. The number of methoxy groups -OCH3 is 1. The Hall–Kier alpha value is -2.92. The number of para-hydroxylation sites is 1. The third-order valence-electron chi connectivity index (χ3n) is 5.75. The number of fused-ring (bicyclic) bond motifs is 1. The van der Waals surface area contributed by atoms with Gasteiger partial charge >= 0.3 is 0 Å². The minimum absolute atomic E-state index is 0.203. The molecule has 0 saturated heterocycles. The van der Waals surface area contributed by atoms with Crippen LogP contribution >= 0.6 is 0 Å². The Bertz CT molecular complexity index is 1160. The lowest BCUT2D eigenvalue weighted by Crippen LogP contribution is -2.31. The first-order valence-electron chi connectivity index (χ1n) is 10.5. The normalized spacial score (nSPS) is 17.6. The van der Waals surface area contributed by atoms with Gasteiger partial charge in [0.2, 0.25) is 5.43 Å². The molecule has 3 aromatic rings. The van der Waals surface area contributed by atoms with Crippen LogP contribution in [0, 0.1) is 0 Å². The smallest absolute Gasteiger partial charge is 0.226 e. The molecular formula is C26H27NO3S. The van der Waals surface area contributed by atoms with E-state index in [-0.39, 0.29) is 11.3 Å². The SMILES string of the molecule is COc1cc(C(C)C)ccc(C2N(CCc3ccccc3)c3ccccc3S2=O)c1=O. The van der Waals surface area contributed by atoms with Crippen LogP contribution in [0.5, 0.6) is 5.75 Å². The summed E-state index contributed by atoms with van der Waals surface area (Å²) in [5.41, 5.74) is 3.45. The summed E-state index contributed by atoms with van der Waals surface area (Å²) in [6.07, 6.45) is 0.796. The van der Waals surface area contributed by atoms with Crippen LogP contribution in [0.3, 0.4) is 0 Å². The van der Waals surface area contributed by atoms with Gasteiger partial charge in [-0.1, -0.05) is 68.4 Å². The van der Waals surface area contributed by atoms with Crippen molar-refractivity contribution in [3.05, 3.63) is 99.7 Å². The molecule has 2 atom stereocenters. The minimum Gasteiger partial charge on any atom is -0.493 e. The molecule has 5 heteroatoms. The lowest BCUT2D eigenvalue weighted by Gasteiger charge is -2.26. The Morgan fingerprint density at radius 2 is 1.71 bits per heavy atom. The van der Waals surface area contributed by atoms with Gasteiger partial charge in [0.15, 0.2) is 5.75 Å². The van der Waals surface area contributed by atoms with Crippen molar-refractivity contribution in [2.24, 2.45) is 0 Å². The molecule has 0 aromatic heterocycles. The monoisotopic (exact) mass is 433 g/mol. The van der Waals surface area contributed by atoms with E-state index in [4.69, 9.17) is 4.74 Å². The predicted molar refractivity (Wildman–Crippen MR) is 126 cm³/mol. The van der Waals surface area contributed by atoms with Crippen LogP contribution < -0.4 is 15.1 Å². The predicted octanol–water partition coefficient (Wildman–Crippen LogP) is 5.05. The Morgan fingerprint density at radius 3 is 2.42 bits per heavy atom. The molecule has 31 heavy (non-hydrogen) atoms. The number of benzene rings is 2. The number of ether oxygens (including phenoxy) is 1. The molecule has 4 nitrogen and oxygen atoms in total. The molecule has 0 radical (unpaired) electrons. The first-order valence-corrected chi connectivity index (χ1v) is 11.7. The van der Waals surface area contributed by atoms with E-state index in [9.17, 15) is 9.00 Å². The molecular weight excluding hydrogens is 406 g/mol. The molecule has 0 bridgehead atoms. The van der Waals surface area contributed by atoms with Crippen molar-refractivity contribution in [3.8, 4) is 5.75 Å². The molecule has 0 amide bonds. The fourth-order valence-corrected chi connectivity index (χ4v) is 5.73. The summed E-state index contributed by atoms with van der Waals surface area (Å²) in [5, 5.41) is -0.546. The topological polar surface area (TPSA) is 46.6 Å². The van der Waals surface area contributed by atoms with Crippen LogP contribution in [0.2, 0.25) is 0 Å². The van der Waals surface area contributed by atoms with E-state index in [1.165, 1.54) is 12.7 Å². The number of nitrogens with zero attached hydrogens (tertiary/aromatic N) is 1. The maximum atomic E-state index is 13.6. The van der Waals surface area contributed by atoms with Crippen molar-refractivity contribution in [1.29, 1.82) is 0 Å². The lowest BCUT2D eigenvalue weighted by atomic mass is 10.1. The highest BCUT2D eigenvalue weighted by molar-refractivity contribution is 7.86. The summed E-state index contributed by atoms with van der Waals surface area (Å²) in [6, 6.07) is 23.6. The van der Waals surface area contributed by atoms with Crippen LogP contribution in [-0.2, 0) is 17.2 Å². The Morgan fingerprint density at radius 1 is 1.00 bits per heavy atom. The lowest BCUT2D eigenvalue weighted by molar-refractivity contribution is 0.410. The van der Waals surface area contributed by atoms with Gasteiger partial charge in [-0.2, -0.15) is 0 Å². The van der Waals surface area contributed by atoms with Gasteiger partial charge in [0, 0.05) is 12.1 Å². The van der Waals surface area contributed by atoms with Gasteiger partial charge in [-0.05, 0) is 41.7 Å². The van der Waals surface area contributed by atoms with E-state index in [2.05, 4.69) is 30.9 Å². The summed E-state index contributed by atoms with van der Waals surface area (Å²) in [4.78, 5) is 16.3. The van der Waals surface area contributed by atoms with Crippen LogP contribution in [-0.4, -0.2) is 17.9 Å². The molecule has 4 rings (SSSR count). The van der Waals surface area contributed by atoms with E-state index < -0.39 is 16.2 Å². The summed E-state index contributed by atoms with van der Waals surface area (Å²) >= 11 is 0. The maximum absolute atomic E-state index is 13.6. The zero-order valence-electron chi connectivity index (χ0n) is 18.1. The van der Waals surface area contributed by atoms with Gasteiger partial charge in [0.05, 0.1) is 28.5 Å². The molecule has 0 fully saturated rings. The largest absolute Gasteiger partial charge is 0.493 e. The first kappa shape index (κ1) is 21.3. The van der Waals surface area contributed by atoms with E-state index in [1.807, 2.05) is 54.6 Å². The average molecular weight is 434 g/mol. The van der Waals surface area contributed by atoms with Crippen LogP contribution in [0.1, 0.15) is 41.8 Å². The Kier molecular flexibility index (Phi) is 6.23. The molecule has 1 aliphatic rings. The van der Waals surface area contributed by atoms with Crippen LogP contribution in [0.25, 0.3) is 0 Å². The van der Waals surface area contributed by atoms with E-state index in [0.717, 1.165) is 22.6 Å². The first-order chi connectivity index (χ1) is 15.0. The van der Waals surface area contributed by atoms with Gasteiger partial charge < -0.3 is 9.64 Å². The second kappa shape index (κ2) is 9.06. The van der Waals surface area contributed by atoms with Crippen LogP contribution in [0.4, 0.5) is 5.69 Å². The van der Waals surface area contributed by atoms with Crippen LogP contribution in [0.15, 0.2) is 82.5 Å². The van der Waals surface area contributed by atoms with Gasteiger partial charge in [-0.15, -0.1) is 0 Å². The van der Waals surface area contributed by atoms with E-state index in [0.29, 0.717) is 17.9 Å². The fraction of sp³-hybridized carbons (Fsp3) is 0.269. The Balaban J connectivity index is 1.81. The number of rotatable bonds is 6. The molecule has 0 spiro atoms. The van der Waals surface area contributed by atoms with Crippen molar-refractivity contribution >= 4 is 16.5 Å². The fourth-order valence-electron chi connectivity index (χ4n) is 4.02. The zero-order chi connectivity index (χ0) is 22.0. The number of anilines is 1. The van der Waals surface area contributed by atoms with Gasteiger partial charge in [-0.25, -0.2) is 0 Å². The number of hydrogen-bond donors (Lipinski definition) is 0. The molecule has 2 unspecified atom stereocenters. The third kappa shape index (κ3) is 4.15. The molecule has 1 heterocycles. The zero-order valence-corrected chi connectivity index (χ0v) is 18.9. The molecule has 0 aliphatic carbocycles. The molecule has 0 saturated carbocycles. The summed E-state index contributed by atoms with van der Waals surface area (Å²) in [7, 11) is 0.148. The summed E-state index contributed by atoms with van der Waals surface area (Å²) in [5.74, 6) is 0.536. The van der Waals surface area contributed by atoms with Gasteiger partial charge in [-0.3, -0.25) is 9.00 Å². The second-order valence-corrected chi connectivity index (χ2v) is 9.51. The van der Waals surface area contributed by atoms with Gasteiger partial charge in [0.1, 0.15) is 5.37 Å². The molecule has 1 aliphatic heterocycles. The average Bonchev–Trinajstić information content (AvgIpc) is 2.95. The standard InChI is InChI=1S/C26H27NO3S/c1-18(2)20-13-14-21(25(28)23(17-20)30-3)26-27(16-15-19-9-5-4-6-10-19)22-11-7-8-12-24(22)31(26)29/h4-14,17-18,26H,15-16H2,1-3H3. The summed E-state index contributed by atoms with van der Waals surface area (Å²) < 4.78 is 19.0. The van der Waals surface area contributed by atoms with Crippen molar-refractivity contribution in [3.63, 3.8) is 0 Å². The Labute approximate surface area is 186 Å². The highest BCUT2D eigenvalue weighted by Crippen LogP contribution is 2.43. The van der Waals surface area contributed by atoms with E-state index >= 15 is 0 Å². The van der Waals surface area contributed by atoms with Crippen molar-refractivity contribution in [1.82, 2.24) is 0 Å². The molecule has 160 valence electrons. The number of hydrogen-bond acceptors (Lipinski definition) is 4. The van der Waals surface area contributed by atoms with Crippen molar-refractivity contribution in [2.75, 3.05) is 18.6 Å². The van der Waals surface area contributed by atoms with Gasteiger partial charge in [0.25, 0.3) is 0 Å². The third-order valence-corrected chi connectivity index (χ3v) is 7.45. The maximum Gasteiger partial charge on any atom is 0.226 e. The second-order valence-electron chi connectivity index (χ2n) is 8.03. The highest BCUT2D eigenvalue weighted by atomic mass is 32.2. The van der Waals surface area contributed by atoms with Crippen molar-refractivity contribution < 1.29 is 8.95 Å². The quantitative estimate of drug-likeness (QED) is 0.546. The molecule has 3 aromatic carbocycles. The van der Waals surface area contributed by atoms with E-state index in [1.54, 1.807) is 6.07 Å². The minimum atomic E-state index is -1.36. The summed E-state index contributed by atoms with van der Waals surface area (Å²) in [6.45, 7) is 4.82.